The van der Waals surface area contributed by atoms with Gasteiger partial charge >= 0.3 is 5.97 Å². The van der Waals surface area contributed by atoms with Gasteiger partial charge in [-0.15, -0.1) is 11.3 Å². The number of hydrogen-bond donors (Lipinski definition) is 2. The summed E-state index contributed by atoms with van der Waals surface area (Å²) < 4.78 is 4.99. The van der Waals surface area contributed by atoms with Gasteiger partial charge in [0.1, 0.15) is 4.88 Å². The van der Waals surface area contributed by atoms with Gasteiger partial charge in [0.25, 0.3) is 11.8 Å². The van der Waals surface area contributed by atoms with Crippen molar-refractivity contribution in [2.45, 2.75) is 13.8 Å². The molecule has 24 heavy (non-hydrogen) atoms. The van der Waals surface area contributed by atoms with Crippen LogP contribution in [0.25, 0.3) is 0 Å². The van der Waals surface area contributed by atoms with Crippen molar-refractivity contribution in [2.24, 2.45) is 0 Å². The van der Waals surface area contributed by atoms with E-state index in [1.54, 1.807) is 45.2 Å². The molecule has 2 aromatic rings. The number of nitrogens with one attached hydrogen (secondary N) is 2. The van der Waals surface area contributed by atoms with Gasteiger partial charge in [0.15, 0.2) is 6.61 Å². The lowest BCUT2D eigenvalue weighted by molar-refractivity contribution is -0.119. The Kier molecular flexibility index (Phi) is 5.64. The van der Waals surface area contributed by atoms with Gasteiger partial charge in [0.2, 0.25) is 0 Å². The standard InChI is InChI=1S/C16H17N3O4S/c1-9-14(24-10(2)18-9)16(22)23-8-13(20)19-12-6-4-11(5-7-12)15(21)17-3/h4-7H,8H2,1-3H3,(H,17,21)(H,19,20). The maximum atomic E-state index is 11.9. The second-order valence-electron chi connectivity index (χ2n) is 4.93. The number of ether oxygens (including phenoxy) is 1. The van der Waals surface area contributed by atoms with Crippen molar-refractivity contribution in [2.75, 3.05) is 19.0 Å². The Hall–Kier alpha value is -2.74. The predicted molar refractivity (Wildman–Crippen MR) is 90.3 cm³/mol. The molecule has 0 unspecified atom stereocenters. The highest BCUT2D eigenvalue weighted by molar-refractivity contribution is 7.13. The first-order valence-electron chi connectivity index (χ1n) is 7.14. The van der Waals surface area contributed by atoms with Gasteiger partial charge in [-0.1, -0.05) is 0 Å². The molecule has 8 heteroatoms. The van der Waals surface area contributed by atoms with Crippen molar-refractivity contribution in [3.05, 3.63) is 45.4 Å². The van der Waals surface area contributed by atoms with Crippen LogP contribution in [0.5, 0.6) is 0 Å². The summed E-state index contributed by atoms with van der Waals surface area (Å²) in [6.07, 6.45) is 0. The second kappa shape index (κ2) is 7.69. The Morgan fingerprint density at radius 3 is 2.38 bits per heavy atom. The van der Waals surface area contributed by atoms with Crippen molar-refractivity contribution < 1.29 is 19.1 Å². The number of carbonyl (C=O) groups excluding carboxylic acids is 3. The molecule has 0 atom stereocenters. The quantitative estimate of drug-likeness (QED) is 0.805. The van der Waals surface area contributed by atoms with Crippen LogP contribution in [0, 0.1) is 13.8 Å². The van der Waals surface area contributed by atoms with Gasteiger partial charge in [-0.3, -0.25) is 9.59 Å². The zero-order valence-electron chi connectivity index (χ0n) is 13.5. The van der Waals surface area contributed by atoms with E-state index in [0.29, 0.717) is 21.8 Å². The van der Waals surface area contributed by atoms with E-state index < -0.39 is 18.5 Å². The number of amides is 2. The Labute approximate surface area is 143 Å². The number of aryl methyl sites for hydroxylation is 2. The number of hydrogen-bond acceptors (Lipinski definition) is 6. The zero-order chi connectivity index (χ0) is 17.7. The van der Waals surface area contributed by atoms with Crippen LogP contribution in [0.4, 0.5) is 5.69 Å². The first-order chi connectivity index (χ1) is 11.4. The van der Waals surface area contributed by atoms with E-state index in [2.05, 4.69) is 15.6 Å². The Bertz CT molecular complexity index is 768. The van der Waals surface area contributed by atoms with Crippen molar-refractivity contribution in [3.8, 4) is 0 Å². The van der Waals surface area contributed by atoms with Crippen LogP contribution < -0.4 is 10.6 Å². The van der Waals surface area contributed by atoms with Crippen LogP contribution in [-0.2, 0) is 9.53 Å². The SMILES string of the molecule is CNC(=O)c1ccc(NC(=O)COC(=O)c2sc(C)nc2C)cc1. The van der Waals surface area contributed by atoms with Crippen molar-refractivity contribution in [3.63, 3.8) is 0 Å². The van der Waals surface area contributed by atoms with E-state index in [-0.39, 0.29) is 5.91 Å². The number of nitrogens with zero attached hydrogens (tertiary/aromatic N) is 1. The van der Waals surface area contributed by atoms with Gasteiger partial charge in [0, 0.05) is 18.3 Å². The topological polar surface area (TPSA) is 97.4 Å². The van der Waals surface area contributed by atoms with Crippen LogP contribution in [0.1, 0.15) is 30.7 Å². The summed E-state index contributed by atoms with van der Waals surface area (Å²) in [5, 5.41) is 5.86. The monoisotopic (exact) mass is 347 g/mol. The average molecular weight is 347 g/mol. The molecule has 0 saturated heterocycles. The third kappa shape index (κ3) is 4.39. The maximum Gasteiger partial charge on any atom is 0.350 e. The van der Waals surface area contributed by atoms with Crippen molar-refractivity contribution >= 4 is 34.8 Å². The van der Waals surface area contributed by atoms with E-state index in [4.69, 9.17) is 4.74 Å². The fourth-order valence-electron chi connectivity index (χ4n) is 1.96. The summed E-state index contributed by atoms with van der Waals surface area (Å²) in [6.45, 7) is 3.12. The van der Waals surface area contributed by atoms with E-state index in [1.807, 2.05) is 0 Å². The van der Waals surface area contributed by atoms with E-state index in [1.165, 1.54) is 11.3 Å². The van der Waals surface area contributed by atoms with E-state index in [0.717, 1.165) is 5.01 Å². The lowest BCUT2D eigenvalue weighted by atomic mass is 10.2. The largest absolute Gasteiger partial charge is 0.451 e. The minimum absolute atomic E-state index is 0.211. The third-order valence-corrected chi connectivity index (χ3v) is 4.13. The van der Waals surface area contributed by atoms with E-state index >= 15 is 0 Å². The van der Waals surface area contributed by atoms with Gasteiger partial charge < -0.3 is 15.4 Å². The average Bonchev–Trinajstić information content (AvgIpc) is 2.91. The predicted octanol–water partition coefficient (Wildman–Crippen LogP) is 1.92. The molecule has 0 fully saturated rings. The molecule has 2 rings (SSSR count). The molecule has 0 aliphatic rings. The van der Waals surface area contributed by atoms with Crippen molar-refractivity contribution in [1.29, 1.82) is 0 Å². The van der Waals surface area contributed by atoms with Gasteiger partial charge in [-0.25, -0.2) is 9.78 Å². The number of esters is 1. The number of anilines is 1. The molecule has 0 spiro atoms. The number of aromatic nitrogens is 1. The Balaban J connectivity index is 1.88. The number of benzene rings is 1. The summed E-state index contributed by atoms with van der Waals surface area (Å²) in [6, 6.07) is 6.37. The van der Waals surface area contributed by atoms with Gasteiger partial charge in [0.05, 0.1) is 10.7 Å². The Morgan fingerprint density at radius 1 is 1.17 bits per heavy atom. The van der Waals surface area contributed by atoms with Crippen LogP contribution in [0.3, 0.4) is 0 Å². The van der Waals surface area contributed by atoms with Crippen LogP contribution in [0.2, 0.25) is 0 Å². The molecular formula is C16H17N3O4S. The minimum atomic E-state index is -0.566. The fourth-order valence-corrected chi connectivity index (χ4v) is 2.78. The molecule has 2 amide bonds. The molecule has 2 N–H and O–H groups in total. The Morgan fingerprint density at radius 2 is 1.83 bits per heavy atom. The molecule has 0 radical (unpaired) electrons. The van der Waals surface area contributed by atoms with Gasteiger partial charge in [-0.2, -0.15) is 0 Å². The minimum Gasteiger partial charge on any atom is -0.451 e. The lowest BCUT2D eigenvalue weighted by Gasteiger charge is -2.07. The molecule has 0 aliphatic heterocycles. The first-order valence-corrected chi connectivity index (χ1v) is 7.95. The molecule has 0 aliphatic carbocycles. The summed E-state index contributed by atoms with van der Waals surface area (Å²) in [7, 11) is 1.54. The summed E-state index contributed by atoms with van der Waals surface area (Å²) in [4.78, 5) is 39.7. The van der Waals surface area contributed by atoms with Crippen LogP contribution in [-0.4, -0.2) is 36.4 Å². The first kappa shape index (κ1) is 17.6. The molecule has 1 heterocycles. The highest BCUT2D eigenvalue weighted by Gasteiger charge is 2.16. The van der Waals surface area contributed by atoms with E-state index in [9.17, 15) is 14.4 Å². The summed E-state index contributed by atoms with van der Waals surface area (Å²) >= 11 is 1.23. The third-order valence-electron chi connectivity index (χ3n) is 3.08. The number of rotatable bonds is 5. The zero-order valence-corrected chi connectivity index (χ0v) is 14.3. The lowest BCUT2D eigenvalue weighted by Crippen LogP contribution is -2.21. The molecule has 0 saturated carbocycles. The fraction of sp³-hybridized carbons (Fsp3) is 0.250. The molecule has 1 aromatic carbocycles. The summed E-state index contributed by atoms with van der Waals surface area (Å²) in [5.41, 5.74) is 1.58. The maximum absolute atomic E-state index is 11.9. The molecular weight excluding hydrogens is 330 g/mol. The van der Waals surface area contributed by atoms with Crippen molar-refractivity contribution in [1.82, 2.24) is 10.3 Å². The highest BCUT2D eigenvalue weighted by atomic mass is 32.1. The molecule has 126 valence electrons. The molecule has 0 bridgehead atoms. The highest BCUT2D eigenvalue weighted by Crippen LogP contribution is 2.18. The smallest absolute Gasteiger partial charge is 0.350 e. The summed E-state index contributed by atoms with van der Waals surface area (Å²) in [5.74, 6) is -1.24. The van der Waals surface area contributed by atoms with Crippen LogP contribution >= 0.6 is 11.3 Å². The molecule has 7 nitrogen and oxygen atoms in total. The normalized spacial score (nSPS) is 10.1. The number of carbonyl (C=O) groups is 3. The molecule has 1 aromatic heterocycles. The van der Waals surface area contributed by atoms with Crippen LogP contribution in [0.15, 0.2) is 24.3 Å². The van der Waals surface area contributed by atoms with Gasteiger partial charge in [-0.05, 0) is 38.1 Å². The number of thiazole rings is 1. The second-order valence-corrected chi connectivity index (χ2v) is 6.13.